The van der Waals surface area contributed by atoms with E-state index in [9.17, 15) is 9.59 Å². The van der Waals surface area contributed by atoms with Crippen molar-refractivity contribution >= 4 is 34.1 Å². The molecule has 0 atom stereocenters. The van der Waals surface area contributed by atoms with E-state index in [1.807, 2.05) is 19.1 Å². The third-order valence-corrected chi connectivity index (χ3v) is 4.70. The second-order valence-electron chi connectivity index (χ2n) is 5.94. The van der Waals surface area contributed by atoms with Crippen molar-refractivity contribution in [3.63, 3.8) is 0 Å². The Morgan fingerprint density at radius 1 is 1.08 bits per heavy atom. The number of hydrogen-bond acceptors (Lipinski definition) is 4. The lowest BCUT2D eigenvalue weighted by Gasteiger charge is -2.10. The van der Waals surface area contributed by atoms with Gasteiger partial charge in [0.15, 0.2) is 0 Å². The molecule has 7 heteroatoms. The van der Waals surface area contributed by atoms with Crippen molar-refractivity contribution in [3.05, 3.63) is 73.0 Å². The van der Waals surface area contributed by atoms with Crippen LogP contribution in [0.4, 0.5) is 0 Å². The summed E-state index contributed by atoms with van der Waals surface area (Å²) in [5, 5.41) is 1.42. The number of unbranched alkanes of at least 4 members (excludes halogenated alkanes) is 1. The Kier molecular flexibility index (Phi) is 5.69. The predicted octanol–water partition coefficient (Wildman–Crippen LogP) is 4.43. The SMILES string of the molecule is Cc1cc(OCCCCn2c(=O)oc(=O)c3cc(Cl)ccc32)ccc1Cl. The third-order valence-electron chi connectivity index (χ3n) is 4.04. The van der Waals surface area contributed by atoms with E-state index in [0.717, 1.165) is 17.7 Å². The van der Waals surface area contributed by atoms with E-state index in [-0.39, 0.29) is 0 Å². The van der Waals surface area contributed by atoms with E-state index in [1.165, 1.54) is 10.6 Å². The summed E-state index contributed by atoms with van der Waals surface area (Å²) in [5.41, 5.74) is 0.801. The molecule has 26 heavy (non-hydrogen) atoms. The first-order valence-electron chi connectivity index (χ1n) is 8.18. The minimum Gasteiger partial charge on any atom is -0.494 e. The molecule has 3 aromatic rings. The van der Waals surface area contributed by atoms with Gasteiger partial charge in [0.05, 0.1) is 17.5 Å². The Morgan fingerprint density at radius 2 is 1.88 bits per heavy atom. The fourth-order valence-corrected chi connectivity index (χ4v) is 2.97. The van der Waals surface area contributed by atoms with Crippen LogP contribution in [0, 0.1) is 6.92 Å². The molecular weight excluding hydrogens is 377 g/mol. The number of ether oxygens (including phenoxy) is 1. The first kappa shape index (κ1) is 18.5. The molecule has 0 aliphatic carbocycles. The molecule has 1 aromatic heterocycles. The summed E-state index contributed by atoms with van der Waals surface area (Å²) in [5.74, 6) is 0.0916. The Hall–Kier alpha value is -2.24. The minimum atomic E-state index is -0.676. The highest BCUT2D eigenvalue weighted by Crippen LogP contribution is 2.21. The van der Waals surface area contributed by atoms with Gasteiger partial charge in [-0.2, -0.15) is 0 Å². The quantitative estimate of drug-likeness (QED) is 0.581. The first-order chi connectivity index (χ1) is 12.5. The molecule has 0 saturated carbocycles. The summed E-state index contributed by atoms with van der Waals surface area (Å²) in [6, 6.07) is 10.3. The van der Waals surface area contributed by atoms with Crippen LogP contribution in [0.25, 0.3) is 10.9 Å². The van der Waals surface area contributed by atoms with Crippen LogP contribution in [0.15, 0.2) is 50.4 Å². The number of aryl methyl sites for hydroxylation is 2. The van der Waals surface area contributed by atoms with E-state index in [4.69, 9.17) is 32.4 Å². The summed E-state index contributed by atoms with van der Waals surface area (Å²) < 4.78 is 11.9. The molecule has 0 aliphatic heterocycles. The van der Waals surface area contributed by atoms with Gasteiger partial charge in [-0.25, -0.2) is 9.59 Å². The predicted molar refractivity (Wildman–Crippen MR) is 103 cm³/mol. The fraction of sp³-hybridized carbons (Fsp3) is 0.263. The maximum Gasteiger partial charge on any atom is 0.422 e. The zero-order chi connectivity index (χ0) is 18.7. The van der Waals surface area contributed by atoms with E-state index < -0.39 is 11.4 Å². The van der Waals surface area contributed by atoms with Gasteiger partial charge >= 0.3 is 11.4 Å². The molecule has 0 bridgehead atoms. The highest BCUT2D eigenvalue weighted by atomic mass is 35.5. The fourth-order valence-electron chi connectivity index (χ4n) is 2.68. The topological polar surface area (TPSA) is 61.4 Å². The van der Waals surface area contributed by atoms with Crippen molar-refractivity contribution in [1.29, 1.82) is 0 Å². The number of benzene rings is 2. The molecule has 0 amide bonds. The number of aromatic nitrogens is 1. The van der Waals surface area contributed by atoms with Gasteiger partial charge in [0.1, 0.15) is 5.75 Å². The molecule has 136 valence electrons. The molecule has 2 aromatic carbocycles. The van der Waals surface area contributed by atoms with E-state index in [1.54, 1.807) is 18.2 Å². The Bertz CT molecular complexity index is 1060. The standard InChI is InChI=1S/C19H17Cl2NO4/c1-12-10-14(5-6-16(12)21)25-9-3-2-8-22-17-7-4-13(20)11-15(17)18(23)26-19(22)24/h4-7,10-11H,2-3,8-9H2,1H3. The molecule has 1 heterocycles. The molecule has 0 saturated heterocycles. The second kappa shape index (κ2) is 7.98. The normalized spacial score (nSPS) is 11.0. The molecular formula is C19H17Cl2NO4. The number of fused-ring (bicyclic) bond motifs is 1. The third kappa shape index (κ3) is 4.11. The van der Waals surface area contributed by atoms with Crippen molar-refractivity contribution in [2.75, 3.05) is 6.61 Å². The average Bonchev–Trinajstić information content (AvgIpc) is 2.60. The lowest BCUT2D eigenvalue weighted by Crippen LogP contribution is -2.25. The van der Waals surface area contributed by atoms with Gasteiger partial charge < -0.3 is 9.15 Å². The average molecular weight is 394 g/mol. The summed E-state index contributed by atoms with van der Waals surface area (Å²) >= 11 is 11.9. The number of nitrogens with zero attached hydrogens (tertiary/aromatic N) is 1. The molecule has 0 N–H and O–H groups in total. The molecule has 3 rings (SSSR count). The maximum absolute atomic E-state index is 12.0. The van der Waals surface area contributed by atoms with Crippen LogP contribution in [-0.4, -0.2) is 11.2 Å². The smallest absolute Gasteiger partial charge is 0.422 e. The van der Waals surface area contributed by atoms with Crippen LogP contribution in [0.3, 0.4) is 0 Å². The van der Waals surface area contributed by atoms with Gasteiger partial charge in [-0.3, -0.25) is 4.57 Å². The zero-order valence-electron chi connectivity index (χ0n) is 14.1. The summed E-state index contributed by atoms with van der Waals surface area (Å²) in [6.07, 6.45) is 1.43. The monoisotopic (exact) mass is 393 g/mol. The molecule has 0 aliphatic rings. The number of rotatable bonds is 6. The lowest BCUT2D eigenvalue weighted by atomic mass is 10.2. The highest BCUT2D eigenvalue weighted by Gasteiger charge is 2.09. The van der Waals surface area contributed by atoms with E-state index in [2.05, 4.69) is 0 Å². The first-order valence-corrected chi connectivity index (χ1v) is 8.93. The van der Waals surface area contributed by atoms with E-state index in [0.29, 0.717) is 40.5 Å². The van der Waals surface area contributed by atoms with Gasteiger partial charge in [0.25, 0.3) is 0 Å². The van der Waals surface area contributed by atoms with Crippen LogP contribution < -0.4 is 16.1 Å². The van der Waals surface area contributed by atoms with Crippen LogP contribution in [0.2, 0.25) is 10.0 Å². The maximum atomic E-state index is 12.0. The minimum absolute atomic E-state index is 0.296. The molecule has 0 spiro atoms. The van der Waals surface area contributed by atoms with Crippen LogP contribution >= 0.6 is 23.2 Å². The van der Waals surface area contributed by atoms with Gasteiger partial charge in [0.2, 0.25) is 0 Å². The van der Waals surface area contributed by atoms with E-state index >= 15 is 0 Å². The van der Waals surface area contributed by atoms with Gasteiger partial charge in [0, 0.05) is 16.6 Å². The molecule has 0 radical (unpaired) electrons. The van der Waals surface area contributed by atoms with Crippen LogP contribution in [0.1, 0.15) is 18.4 Å². The van der Waals surface area contributed by atoms with Crippen LogP contribution in [-0.2, 0) is 6.54 Å². The summed E-state index contributed by atoms with van der Waals surface area (Å²) in [7, 11) is 0. The Morgan fingerprint density at radius 3 is 2.65 bits per heavy atom. The highest BCUT2D eigenvalue weighted by molar-refractivity contribution is 6.31. The van der Waals surface area contributed by atoms with Crippen molar-refractivity contribution in [1.82, 2.24) is 4.57 Å². The largest absolute Gasteiger partial charge is 0.494 e. The number of halogens is 2. The van der Waals surface area contributed by atoms with Crippen molar-refractivity contribution in [2.45, 2.75) is 26.3 Å². The van der Waals surface area contributed by atoms with Crippen molar-refractivity contribution < 1.29 is 9.15 Å². The van der Waals surface area contributed by atoms with Gasteiger partial charge in [-0.05, 0) is 61.7 Å². The molecule has 0 fully saturated rings. The van der Waals surface area contributed by atoms with Gasteiger partial charge in [-0.15, -0.1) is 0 Å². The molecule has 0 unspecified atom stereocenters. The summed E-state index contributed by atoms with van der Waals surface area (Å²) in [4.78, 5) is 23.8. The number of hydrogen-bond donors (Lipinski definition) is 0. The lowest BCUT2D eigenvalue weighted by molar-refractivity contribution is 0.300. The Balaban J connectivity index is 1.64. The Labute approximate surface area is 159 Å². The van der Waals surface area contributed by atoms with Gasteiger partial charge in [-0.1, -0.05) is 23.2 Å². The second-order valence-corrected chi connectivity index (χ2v) is 6.78. The van der Waals surface area contributed by atoms with Crippen molar-refractivity contribution in [2.24, 2.45) is 0 Å². The zero-order valence-corrected chi connectivity index (χ0v) is 15.6. The molecule has 5 nitrogen and oxygen atoms in total. The van der Waals surface area contributed by atoms with Crippen molar-refractivity contribution in [3.8, 4) is 5.75 Å². The summed E-state index contributed by atoms with van der Waals surface area (Å²) in [6.45, 7) is 2.85. The van der Waals surface area contributed by atoms with Crippen LogP contribution in [0.5, 0.6) is 5.75 Å².